The fraction of sp³-hybridized carbons (Fsp3) is 0.640. The van der Waals surface area contributed by atoms with Crippen LogP contribution in [0.1, 0.15) is 32.6 Å². The summed E-state index contributed by atoms with van der Waals surface area (Å²) in [5.41, 5.74) is 0. The predicted octanol–water partition coefficient (Wildman–Crippen LogP) is 3.48. The van der Waals surface area contributed by atoms with Crippen molar-refractivity contribution in [1.29, 1.82) is 0 Å². The zero-order valence-corrected chi connectivity index (χ0v) is 19.6. The van der Waals surface area contributed by atoms with Crippen molar-refractivity contribution < 1.29 is 9.59 Å². The van der Waals surface area contributed by atoms with Gasteiger partial charge in [-0.15, -0.1) is 0 Å². The van der Waals surface area contributed by atoms with Gasteiger partial charge in [0.1, 0.15) is 5.82 Å². The van der Waals surface area contributed by atoms with Crippen LogP contribution in [0.25, 0.3) is 10.1 Å². The fourth-order valence-corrected chi connectivity index (χ4v) is 7.54. The number of nitrogens with zero attached hydrogens (tertiary/aromatic N) is 4. The van der Waals surface area contributed by atoms with Gasteiger partial charge in [0.15, 0.2) is 0 Å². The first-order valence-electron chi connectivity index (χ1n) is 12.3. The molecular formula is C25H32N4O2S. The number of anilines is 1. The first-order valence-corrected chi connectivity index (χ1v) is 13.0. The quantitative estimate of drug-likeness (QED) is 0.628. The van der Waals surface area contributed by atoms with Gasteiger partial charge in [0, 0.05) is 38.1 Å². The molecule has 7 heteroatoms. The Bertz CT molecular complexity index is 1000. The van der Waals surface area contributed by atoms with Gasteiger partial charge in [-0.2, -0.15) is 4.37 Å². The maximum Gasteiger partial charge on any atom is 0.233 e. The van der Waals surface area contributed by atoms with Crippen LogP contribution in [0.3, 0.4) is 0 Å². The van der Waals surface area contributed by atoms with Crippen molar-refractivity contribution in [3.05, 3.63) is 24.3 Å². The van der Waals surface area contributed by atoms with Gasteiger partial charge in [-0.05, 0) is 73.6 Å². The van der Waals surface area contributed by atoms with E-state index in [1.54, 1.807) is 16.4 Å². The molecule has 6 nitrogen and oxygen atoms in total. The van der Waals surface area contributed by atoms with Crippen LogP contribution in [-0.2, 0) is 9.59 Å². The second-order valence-electron chi connectivity index (χ2n) is 10.4. The minimum Gasteiger partial charge on any atom is -0.353 e. The van der Waals surface area contributed by atoms with Gasteiger partial charge in [0.25, 0.3) is 0 Å². The normalized spacial score (nSPS) is 31.2. The smallest absolute Gasteiger partial charge is 0.233 e. The van der Waals surface area contributed by atoms with Crippen LogP contribution in [-0.4, -0.2) is 65.3 Å². The van der Waals surface area contributed by atoms with E-state index in [-0.39, 0.29) is 23.7 Å². The van der Waals surface area contributed by atoms with E-state index < -0.39 is 0 Å². The van der Waals surface area contributed by atoms with Crippen molar-refractivity contribution >= 4 is 39.3 Å². The van der Waals surface area contributed by atoms with Gasteiger partial charge in [0.05, 0.1) is 16.5 Å². The molecule has 2 bridgehead atoms. The Hall–Kier alpha value is -1.99. The summed E-state index contributed by atoms with van der Waals surface area (Å²) in [6, 6.07) is 8.47. The second-order valence-corrected chi connectivity index (χ2v) is 11.2. The summed E-state index contributed by atoms with van der Waals surface area (Å²) >= 11 is 1.58. The highest BCUT2D eigenvalue weighted by Gasteiger charge is 2.60. The number of fused-ring (bicyclic) bond motifs is 6. The Labute approximate surface area is 193 Å². The number of amides is 2. The van der Waals surface area contributed by atoms with Crippen molar-refractivity contribution in [3.8, 4) is 0 Å². The van der Waals surface area contributed by atoms with E-state index in [1.165, 1.54) is 10.1 Å². The van der Waals surface area contributed by atoms with Gasteiger partial charge in [-0.3, -0.25) is 19.4 Å². The van der Waals surface area contributed by atoms with Crippen LogP contribution < -0.4 is 4.90 Å². The predicted molar refractivity (Wildman–Crippen MR) is 127 cm³/mol. The van der Waals surface area contributed by atoms with Gasteiger partial charge in [0.2, 0.25) is 11.8 Å². The third-order valence-corrected chi connectivity index (χ3v) is 9.30. The number of carbonyl (C=O) groups is 2. The Kier molecular flexibility index (Phi) is 5.22. The molecule has 1 unspecified atom stereocenters. The third kappa shape index (κ3) is 3.36. The molecule has 2 aliphatic heterocycles. The molecule has 2 aliphatic carbocycles. The van der Waals surface area contributed by atoms with Crippen LogP contribution in [0, 0.1) is 29.6 Å². The molecule has 4 fully saturated rings. The van der Waals surface area contributed by atoms with E-state index in [1.807, 2.05) is 0 Å². The second kappa shape index (κ2) is 8.10. The Morgan fingerprint density at radius 3 is 2.44 bits per heavy atom. The molecule has 0 radical (unpaired) electrons. The third-order valence-electron chi connectivity index (χ3n) is 8.48. The molecular weight excluding hydrogens is 420 g/mol. The molecule has 1 aromatic carbocycles. The summed E-state index contributed by atoms with van der Waals surface area (Å²) in [6.07, 6.45) is 4.44. The van der Waals surface area contributed by atoms with E-state index in [0.717, 1.165) is 64.2 Å². The fourth-order valence-electron chi connectivity index (χ4n) is 6.74. The number of imide groups is 1. The Morgan fingerprint density at radius 1 is 1.03 bits per heavy atom. The molecule has 0 N–H and O–H groups in total. The number of hydrogen-bond acceptors (Lipinski definition) is 6. The number of piperazine rings is 1. The molecule has 3 heterocycles. The van der Waals surface area contributed by atoms with Crippen molar-refractivity contribution in [2.24, 2.45) is 29.6 Å². The van der Waals surface area contributed by atoms with Crippen LogP contribution in [0.4, 0.5) is 5.82 Å². The van der Waals surface area contributed by atoms with Gasteiger partial charge < -0.3 is 4.90 Å². The molecule has 5 atom stereocenters. The lowest BCUT2D eigenvalue weighted by Crippen LogP contribution is -2.47. The topological polar surface area (TPSA) is 56.8 Å². The molecule has 6 rings (SSSR count). The molecule has 2 saturated heterocycles. The standard InChI is InChI=1S/C25H32N4O2S/c1-16(15-29-24(30)21-17-6-7-18(14-17)22(21)25(29)31)8-9-27-10-12-28(13-11-27)23-19-4-2-3-5-20(19)32-26-23/h2-5,16-18,21-22H,6-15H2,1H3/t16?,17-,18+,21+,22-. The average Bonchev–Trinajstić information content (AvgIpc) is 3.58. The zero-order chi connectivity index (χ0) is 21.8. The number of hydrogen-bond donors (Lipinski definition) is 0. The number of carbonyl (C=O) groups excluding carboxylic acids is 2. The van der Waals surface area contributed by atoms with Crippen LogP contribution >= 0.6 is 11.5 Å². The number of benzene rings is 1. The minimum absolute atomic E-state index is 0.0170. The highest BCUT2D eigenvalue weighted by molar-refractivity contribution is 7.13. The monoisotopic (exact) mass is 452 g/mol. The van der Waals surface area contributed by atoms with Crippen LogP contribution in [0.5, 0.6) is 0 Å². The number of rotatable bonds is 6. The van der Waals surface area contributed by atoms with E-state index in [2.05, 4.69) is 41.0 Å². The summed E-state index contributed by atoms with van der Waals surface area (Å²) in [6.45, 7) is 7.90. The SMILES string of the molecule is CC(CCN1CCN(c2nsc3ccccc23)CC1)CN1C(=O)[C@@H]2[C@H]3CC[C@H](C3)[C@@H]2C1=O. The average molecular weight is 453 g/mol. The molecule has 2 aromatic rings. The molecule has 170 valence electrons. The summed E-state index contributed by atoms with van der Waals surface area (Å²) in [7, 11) is 0. The summed E-state index contributed by atoms with van der Waals surface area (Å²) in [5.74, 6) is 2.75. The van der Waals surface area contributed by atoms with E-state index >= 15 is 0 Å². The number of likely N-dealkylation sites (tertiary alicyclic amines) is 1. The van der Waals surface area contributed by atoms with Gasteiger partial charge in [-0.1, -0.05) is 19.1 Å². The lowest BCUT2D eigenvalue weighted by Gasteiger charge is -2.35. The first kappa shape index (κ1) is 20.6. The molecule has 0 spiro atoms. The summed E-state index contributed by atoms with van der Waals surface area (Å²) in [5, 5.41) is 1.26. The summed E-state index contributed by atoms with van der Waals surface area (Å²) in [4.78, 5) is 32.5. The highest BCUT2D eigenvalue weighted by atomic mass is 32.1. The maximum absolute atomic E-state index is 13.0. The van der Waals surface area contributed by atoms with E-state index in [4.69, 9.17) is 4.37 Å². The van der Waals surface area contributed by atoms with Crippen molar-refractivity contribution in [1.82, 2.24) is 14.2 Å². The lowest BCUT2D eigenvalue weighted by atomic mass is 9.81. The van der Waals surface area contributed by atoms with Crippen LogP contribution in [0.15, 0.2) is 24.3 Å². The van der Waals surface area contributed by atoms with Gasteiger partial charge in [-0.25, -0.2) is 0 Å². The first-order chi connectivity index (χ1) is 15.6. The largest absolute Gasteiger partial charge is 0.353 e. The molecule has 1 aromatic heterocycles. The van der Waals surface area contributed by atoms with Crippen molar-refractivity contribution in [2.45, 2.75) is 32.6 Å². The van der Waals surface area contributed by atoms with Crippen molar-refractivity contribution in [2.75, 3.05) is 44.2 Å². The molecule has 4 aliphatic rings. The maximum atomic E-state index is 13.0. The van der Waals surface area contributed by atoms with Crippen LogP contribution in [0.2, 0.25) is 0 Å². The lowest BCUT2D eigenvalue weighted by molar-refractivity contribution is -0.141. The zero-order valence-electron chi connectivity index (χ0n) is 18.8. The van der Waals surface area contributed by atoms with E-state index in [0.29, 0.717) is 24.3 Å². The minimum atomic E-state index is 0.0170. The van der Waals surface area contributed by atoms with E-state index in [9.17, 15) is 9.59 Å². The Balaban J connectivity index is 0.996. The highest BCUT2D eigenvalue weighted by Crippen LogP contribution is 2.56. The molecule has 32 heavy (non-hydrogen) atoms. The molecule has 2 saturated carbocycles. The number of aromatic nitrogens is 1. The molecule has 2 amide bonds. The van der Waals surface area contributed by atoms with Gasteiger partial charge >= 0.3 is 0 Å². The summed E-state index contributed by atoms with van der Waals surface area (Å²) < 4.78 is 5.96. The Morgan fingerprint density at radius 2 is 1.72 bits per heavy atom. The van der Waals surface area contributed by atoms with Crippen molar-refractivity contribution in [3.63, 3.8) is 0 Å².